The SMILES string of the molecule is CCCCC[C@@H](CC[C@@H]1[C@H]2Cc3cccc(OC)c3C[C@H]2C[C@H]1OC)OC1CCCCO1. The molecule has 1 heterocycles. The molecule has 0 bridgehead atoms. The fraction of sp³-hybridized carbons (Fsp3) is 0.786. The lowest BCUT2D eigenvalue weighted by Gasteiger charge is -2.33. The number of hydrogen-bond acceptors (Lipinski definition) is 4. The van der Waals surface area contributed by atoms with Crippen LogP contribution in [-0.4, -0.2) is 39.3 Å². The van der Waals surface area contributed by atoms with Crippen LogP contribution in [0.25, 0.3) is 0 Å². The molecule has 1 aliphatic heterocycles. The molecule has 2 fully saturated rings. The number of rotatable bonds is 11. The average molecular weight is 445 g/mol. The minimum atomic E-state index is 0.0129. The lowest BCUT2D eigenvalue weighted by molar-refractivity contribution is -0.191. The Morgan fingerprint density at radius 2 is 2.00 bits per heavy atom. The second kappa shape index (κ2) is 11.9. The van der Waals surface area contributed by atoms with E-state index in [1.54, 1.807) is 7.11 Å². The first-order valence-corrected chi connectivity index (χ1v) is 13.2. The molecule has 0 radical (unpaired) electrons. The topological polar surface area (TPSA) is 36.9 Å². The van der Waals surface area contributed by atoms with Gasteiger partial charge in [0.25, 0.3) is 0 Å². The van der Waals surface area contributed by atoms with Gasteiger partial charge < -0.3 is 18.9 Å². The summed E-state index contributed by atoms with van der Waals surface area (Å²) in [5.41, 5.74) is 2.92. The van der Waals surface area contributed by atoms with Gasteiger partial charge in [0.15, 0.2) is 6.29 Å². The van der Waals surface area contributed by atoms with Crippen molar-refractivity contribution in [1.29, 1.82) is 0 Å². The van der Waals surface area contributed by atoms with E-state index in [2.05, 4.69) is 25.1 Å². The van der Waals surface area contributed by atoms with Gasteiger partial charge in [-0.25, -0.2) is 0 Å². The molecule has 4 heteroatoms. The largest absolute Gasteiger partial charge is 0.496 e. The van der Waals surface area contributed by atoms with Crippen LogP contribution < -0.4 is 4.74 Å². The summed E-state index contributed by atoms with van der Waals surface area (Å²) in [4.78, 5) is 0. The second-order valence-corrected chi connectivity index (χ2v) is 10.2. The zero-order chi connectivity index (χ0) is 22.3. The van der Waals surface area contributed by atoms with Crippen molar-refractivity contribution >= 4 is 0 Å². The number of fused-ring (bicyclic) bond motifs is 2. The first-order valence-electron chi connectivity index (χ1n) is 13.2. The third kappa shape index (κ3) is 5.69. The molecule has 1 saturated carbocycles. The molecular formula is C28H44O4. The molecule has 0 amide bonds. The van der Waals surface area contributed by atoms with E-state index in [9.17, 15) is 0 Å². The molecule has 1 aromatic rings. The Morgan fingerprint density at radius 3 is 2.75 bits per heavy atom. The highest BCUT2D eigenvalue weighted by molar-refractivity contribution is 5.43. The fourth-order valence-corrected chi connectivity index (χ4v) is 6.55. The number of methoxy groups -OCH3 is 2. The molecule has 0 aromatic heterocycles. The van der Waals surface area contributed by atoms with Crippen LogP contribution in [0.5, 0.6) is 5.75 Å². The normalized spacial score (nSPS) is 30.5. The summed E-state index contributed by atoms with van der Waals surface area (Å²) >= 11 is 0. The van der Waals surface area contributed by atoms with E-state index in [0.717, 1.165) is 44.5 Å². The van der Waals surface area contributed by atoms with Crippen molar-refractivity contribution in [2.24, 2.45) is 17.8 Å². The van der Waals surface area contributed by atoms with E-state index in [-0.39, 0.29) is 6.29 Å². The molecule has 0 spiro atoms. The van der Waals surface area contributed by atoms with Crippen LogP contribution in [0, 0.1) is 17.8 Å². The quantitative estimate of drug-likeness (QED) is 0.374. The minimum Gasteiger partial charge on any atom is -0.496 e. The van der Waals surface area contributed by atoms with E-state index >= 15 is 0 Å². The minimum absolute atomic E-state index is 0.0129. The van der Waals surface area contributed by atoms with Crippen LogP contribution in [0.4, 0.5) is 0 Å². The van der Waals surface area contributed by atoms with E-state index in [4.69, 9.17) is 18.9 Å². The second-order valence-electron chi connectivity index (χ2n) is 10.2. The summed E-state index contributed by atoms with van der Waals surface area (Å²) in [5.74, 6) is 3.10. The van der Waals surface area contributed by atoms with Crippen molar-refractivity contribution in [2.45, 2.75) is 102 Å². The highest BCUT2D eigenvalue weighted by Gasteiger charge is 2.45. The van der Waals surface area contributed by atoms with Crippen molar-refractivity contribution in [3.05, 3.63) is 29.3 Å². The first-order chi connectivity index (χ1) is 15.7. The van der Waals surface area contributed by atoms with Gasteiger partial charge in [-0.05, 0) is 92.7 Å². The average Bonchev–Trinajstić information content (AvgIpc) is 3.17. The predicted octanol–water partition coefficient (Wildman–Crippen LogP) is 6.33. The van der Waals surface area contributed by atoms with E-state index in [0.29, 0.717) is 30.0 Å². The molecule has 32 heavy (non-hydrogen) atoms. The number of benzene rings is 1. The van der Waals surface area contributed by atoms with Crippen LogP contribution in [0.2, 0.25) is 0 Å². The molecular weight excluding hydrogens is 400 g/mol. The molecule has 0 N–H and O–H groups in total. The zero-order valence-electron chi connectivity index (χ0n) is 20.5. The summed E-state index contributed by atoms with van der Waals surface area (Å²) in [6.45, 7) is 3.13. The van der Waals surface area contributed by atoms with Crippen molar-refractivity contribution in [3.8, 4) is 5.75 Å². The molecule has 1 saturated heterocycles. The van der Waals surface area contributed by atoms with Gasteiger partial charge in [-0.1, -0.05) is 38.3 Å². The Balaban J connectivity index is 1.41. The molecule has 180 valence electrons. The number of hydrogen-bond donors (Lipinski definition) is 0. The molecule has 6 atom stereocenters. The zero-order valence-corrected chi connectivity index (χ0v) is 20.5. The van der Waals surface area contributed by atoms with Crippen molar-refractivity contribution in [2.75, 3.05) is 20.8 Å². The Morgan fingerprint density at radius 1 is 1.09 bits per heavy atom. The monoisotopic (exact) mass is 444 g/mol. The standard InChI is InChI=1S/C28H44O4/c1-4-5-6-11-22(32-28-13-7-8-16-31-28)14-15-23-24-17-20-10-9-12-26(29-2)25(20)18-21(24)19-27(23)30-3/h9-10,12,21-24,27-28H,4-8,11,13-19H2,1-3H3/t21-,22-,23+,24-,27+,28?/m0/s1. The van der Waals surface area contributed by atoms with E-state index < -0.39 is 0 Å². The highest BCUT2D eigenvalue weighted by atomic mass is 16.7. The lowest BCUT2D eigenvalue weighted by Crippen LogP contribution is -2.31. The smallest absolute Gasteiger partial charge is 0.157 e. The first kappa shape index (κ1) is 24.0. The fourth-order valence-electron chi connectivity index (χ4n) is 6.55. The number of unbranched alkanes of at least 4 members (excludes halogenated alkanes) is 2. The van der Waals surface area contributed by atoms with Gasteiger partial charge in [0, 0.05) is 13.7 Å². The van der Waals surface area contributed by atoms with Gasteiger partial charge in [0.05, 0.1) is 19.3 Å². The summed E-state index contributed by atoms with van der Waals surface area (Å²) in [6.07, 6.45) is 14.9. The Labute approximate surface area is 195 Å². The summed E-state index contributed by atoms with van der Waals surface area (Å²) in [7, 11) is 3.71. The van der Waals surface area contributed by atoms with Crippen molar-refractivity contribution in [3.63, 3.8) is 0 Å². The Bertz CT molecular complexity index is 699. The lowest BCUT2D eigenvalue weighted by atomic mass is 9.73. The Hall–Kier alpha value is -1.10. The van der Waals surface area contributed by atoms with Crippen molar-refractivity contribution in [1.82, 2.24) is 0 Å². The molecule has 1 unspecified atom stereocenters. The van der Waals surface area contributed by atoms with E-state index in [1.165, 1.54) is 56.1 Å². The summed E-state index contributed by atoms with van der Waals surface area (Å²) in [6, 6.07) is 6.57. The molecule has 2 aliphatic carbocycles. The predicted molar refractivity (Wildman–Crippen MR) is 128 cm³/mol. The molecule has 4 nitrogen and oxygen atoms in total. The molecule has 3 aliphatic rings. The van der Waals surface area contributed by atoms with Gasteiger partial charge in [-0.2, -0.15) is 0 Å². The third-order valence-corrected chi connectivity index (χ3v) is 8.28. The summed E-state index contributed by atoms with van der Waals surface area (Å²) in [5, 5.41) is 0. The van der Waals surface area contributed by atoms with Crippen LogP contribution in [0.15, 0.2) is 18.2 Å². The van der Waals surface area contributed by atoms with Crippen molar-refractivity contribution < 1.29 is 18.9 Å². The maximum absolute atomic E-state index is 6.51. The van der Waals surface area contributed by atoms with Gasteiger partial charge in [0.2, 0.25) is 0 Å². The van der Waals surface area contributed by atoms with Crippen LogP contribution in [0.3, 0.4) is 0 Å². The van der Waals surface area contributed by atoms with Crippen LogP contribution >= 0.6 is 0 Å². The maximum Gasteiger partial charge on any atom is 0.157 e. The Kier molecular flexibility index (Phi) is 8.90. The van der Waals surface area contributed by atoms with Crippen LogP contribution in [-0.2, 0) is 27.1 Å². The van der Waals surface area contributed by atoms with Gasteiger partial charge in [-0.15, -0.1) is 0 Å². The van der Waals surface area contributed by atoms with Gasteiger partial charge >= 0.3 is 0 Å². The molecule has 4 rings (SSSR count). The maximum atomic E-state index is 6.51. The van der Waals surface area contributed by atoms with Gasteiger partial charge in [-0.3, -0.25) is 0 Å². The van der Waals surface area contributed by atoms with Gasteiger partial charge in [0.1, 0.15) is 5.75 Å². The summed E-state index contributed by atoms with van der Waals surface area (Å²) < 4.78 is 24.2. The molecule has 1 aromatic carbocycles. The third-order valence-electron chi connectivity index (χ3n) is 8.28. The van der Waals surface area contributed by atoms with Crippen LogP contribution in [0.1, 0.15) is 82.3 Å². The highest BCUT2D eigenvalue weighted by Crippen LogP contribution is 2.49. The number of ether oxygens (including phenoxy) is 4. The van der Waals surface area contributed by atoms with E-state index in [1.807, 2.05) is 7.11 Å².